The molecule has 0 aromatic carbocycles. The molecule has 1 N–H and O–H groups in total. The summed E-state index contributed by atoms with van der Waals surface area (Å²) in [6.45, 7) is 0.749. The molecule has 1 aromatic rings. The van der Waals surface area contributed by atoms with E-state index in [1.165, 1.54) is 6.07 Å². The second-order valence-electron chi connectivity index (χ2n) is 3.35. The minimum atomic E-state index is -1.09. The third kappa shape index (κ3) is 3.81. The lowest BCUT2D eigenvalue weighted by molar-refractivity contribution is 0.0690. The zero-order valence-electron chi connectivity index (χ0n) is 8.57. The molecule has 0 unspecified atom stereocenters. The molecule has 0 saturated heterocycles. The van der Waals surface area contributed by atoms with Crippen LogP contribution in [-0.4, -0.2) is 46.6 Å². The summed E-state index contributed by atoms with van der Waals surface area (Å²) in [7, 11) is 3.84. The van der Waals surface area contributed by atoms with Gasteiger partial charge in [-0.3, -0.25) is 0 Å². The van der Waals surface area contributed by atoms with Crippen LogP contribution in [0.25, 0.3) is 0 Å². The molecule has 0 aliphatic carbocycles. The van der Waals surface area contributed by atoms with Crippen molar-refractivity contribution in [2.75, 3.05) is 20.6 Å². The largest absolute Gasteiger partial charge is 0.477 e. The van der Waals surface area contributed by atoms with Crippen LogP contribution in [0.2, 0.25) is 5.15 Å². The van der Waals surface area contributed by atoms with E-state index in [4.69, 9.17) is 16.7 Å². The lowest BCUT2D eigenvalue weighted by atomic mass is 10.3. The Morgan fingerprint density at radius 2 is 2.20 bits per heavy atom. The first-order valence-corrected chi connectivity index (χ1v) is 4.78. The van der Waals surface area contributed by atoms with E-state index in [1.54, 1.807) is 0 Å². The predicted molar refractivity (Wildman–Crippen MR) is 56.3 cm³/mol. The van der Waals surface area contributed by atoms with Gasteiger partial charge >= 0.3 is 5.97 Å². The molecule has 0 aliphatic rings. The topological polar surface area (TPSA) is 66.3 Å². The Labute approximate surface area is 92.7 Å². The van der Waals surface area contributed by atoms with E-state index in [-0.39, 0.29) is 10.8 Å². The second kappa shape index (κ2) is 5.04. The Kier molecular flexibility index (Phi) is 3.99. The number of likely N-dealkylation sites (N-methyl/N-ethyl adjacent to an activating group) is 1. The number of hydrogen-bond acceptors (Lipinski definition) is 4. The van der Waals surface area contributed by atoms with Gasteiger partial charge in [0.1, 0.15) is 11.0 Å². The number of rotatable bonds is 4. The Morgan fingerprint density at radius 3 is 2.73 bits per heavy atom. The zero-order valence-corrected chi connectivity index (χ0v) is 9.32. The van der Waals surface area contributed by atoms with Crippen molar-refractivity contribution >= 4 is 17.6 Å². The molecule has 1 heterocycles. The summed E-state index contributed by atoms with van der Waals surface area (Å²) in [5.74, 6) is -0.640. The van der Waals surface area contributed by atoms with Crippen LogP contribution in [0.4, 0.5) is 0 Å². The monoisotopic (exact) mass is 229 g/mol. The summed E-state index contributed by atoms with van der Waals surface area (Å²) in [6.07, 6.45) is 0.577. The molecule has 1 rings (SSSR count). The minimum Gasteiger partial charge on any atom is -0.477 e. The van der Waals surface area contributed by atoms with Crippen molar-refractivity contribution in [2.45, 2.75) is 6.42 Å². The van der Waals surface area contributed by atoms with Crippen molar-refractivity contribution in [3.63, 3.8) is 0 Å². The van der Waals surface area contributed by atoms with Gasteiger partial charge in [0.2, 0.25) is 0 Å². The quantitative estimate of drug-likeness (QED) is 0.779. The molecule has 0 aliphatic heterocycles. The first-order chi connectivity index (χ1) is 6.99. The van der Waals surface area contributed by atoms with Crippen LogP contribution >= 0.6 is 11.6 Å². The Balaban J connectivity index is 2.84. The van der Waals surface area contributed by atoms with E-state index < -0.39 is 5.97 Å². The van der Waals surface area contributed by atoms with E-state index >= 15 is 0 Å². The molecule has 0 spiro atoms. The maximum Gasteiger partial charge on any atom is 0.354 e. The molecule has 82 valence electrons. The fourth-order valence-corrected chi connectivity index (χ4v) is 1.21. The van der Waals surface area contributed by atoms with Gasteiger partial charge in [-0.25, -0.2) is 14.8 Å². The number of carbonyl (C=O) groups is 1. The minimum absolute atomic E-state index is 0.0660. The van der Waals surface area contributed by atoms with Gasteiger partial charge in [-0.1, -0.05) is 11.6 Å². The summed E-state index contributed by atoms with van der Waals surface area (Å²) in [5, 5.41) is 8.91. The highest BCUT2D eigenvalue weighted by atomic mass is 35.5. The summed E-state index contributed by atoms with van der Waals surface area (Å²) in [5.41, 5.74) is -0.0660. The normalized spacial score (nSPS) is 10.7. The predicted octanol–water partition coefficient (Wildman–Crippen LogP) is 0.932. The first kappa shape index (κ1) is 11.9. The molecule has 0 radical (unpaired) electrons. The van der Waals surface area contributed by atoms with E-state index in [0.717, 1.165) is 6.54 Å². The van der Waals surface area contributed by atoms with Gasteiger partial charge in [0.25, 0.3) is 0 Å². The molecule has 0 amide bonds. The first-order valence-electron chi connectivity index (χ1n) is 4.40. The van der Waals surface area contributed by atoms with Crippen LogP contribution in [0.3, 0.4) is 0 Å². The Hall–Kier alpha value is -1.20. The average molecular weight is 230 g/mol. The number of halogens is 1. The molecule has 0 fully saturated rings. The number of aromatic carboxylic acids is 1. The van der Waals surface area contributed by atoms with Gasteiger partial charge in [-0.15, -0.1) is 0 Å². The van der Waals surface area contributed by atoms with Crippen molar-refractivity contribution < 1.29 is 9.90 Å². The molecule has 0 bridgehead atoms. The van der Waals surface area contributed by atoms with Crippen LogP contribution in [0.1, 0.15) is 16.3 Å². The Morgan fingerprint density at radius 1 is 1.53 bits per heavy atom. The van der Waals surface area contributed by atoms with E-state index in [9.17, 15) is 4.79 Å². The van der Waals surface area contributed by atoms with Gasteiger partial charge in [0.15, 0.2) is 5.69 Å². The summed E-state index contributed by atoms with van der Waals surface area (Å²) >= 11 is 5.68. The fourth-order valence-electron chi connectivity index (χ4n) is 1.01. The van der Waals surface area contributed by atoms with Crippen molar-refractivity contribution in [2.24, 2.45) is 0 Å². The van der Waals surface area contributed by atoms with Crippen LogP contribution < -0.4 is 0 Å². The average Bonchev–Trinajstić information content (AvgIpc) is 2.13. The number of carboxylic acids is 1. The van der Waals surface area contributed by atoms with Gasteiger partial charge in [0, 0.05) is 19.0 Å². The fraction of sp³-hybridized carbons (Fsp3) is 0.444. The lowest BCUT2D eigenvalue weighted by Gasteiger charge is -2.08. The number of carboxylic acid groups (broad SMARTS) is 1. The maximum atomic E-state index is 10.7. The highest BCUT2D eigenvalue weighted by Crippen LogP contribution is 2.07. The van der Waals surface area contributed by atoms with Crippen LogP contribution in [0, 0.1) is 0 Å². The van der Waals surface area contributed by atoms with Crippen LogP contribution in [0.5, 0.6) is 0 Å². The number of hydrogen-bond donors (Lipinski definition) is 1. The highest BCUT2D eigenvalue weighted by Gasteiger charge is 2.09. The molecule has 15 heavy (non-hydrogen) atoms. The van der Waals surface area contributed by atoms with E-state index in [1.807, 2.05) is 19.0 Å². The molecule has 0 saturated carbocycles. The summed E-state index contributed by atoms with van der Waals surface area (Å²) in [4.78, 5) is 20.5. The third-order valence-electron chi connectivity index (χ3n) is 1.74. The second-order valence-corrected chi connectivity index (χ2v) is 3.74. The van der Waals surface area contributed by atoms with Gasteiger partial charge in [0.05, 0.1) is 0 Å². The Bertz CT molecular complexity index is 368. The zero-order chi connectivity index (χ0) is 11.4. The SMILES string of the molecule is CN(C)CCc1nc(Cl)cc(C(=O)O)n1. The maximum absolute atomic E-state index is 10.7. The third-order valence-corrected chi connectivity index (χ3v) is 1.94. The molecular formula is C9H12ClN3O2. The van der Waals surface area contributed by atoms with Crippen molar-refractivity contribution in [3.8, 4) is 0 Å². The summed E-state index contributed by atoms with van der Waals surface area (Å²) < 4.78 is 0. The van der Waals surface area contributed by atoms with Gasteiger partial charge in [-0.2, -0.15) is 0 Å². The molecular weight excluding hydrogens is 218 g/mol. The van der Waals surface area contributed by atoms with Crippen molar-refractivity contribution in [1.29, 1.82) is 0 Å². The molecule has 5 nitrogen and oxygen atoms in total. The summed E-state index contributed by atoms with van der Waals surface area (Å²) in [6, 6.07) is 1.24. The standard InChI is InChI=1S/C9H12ClN3O2/c1-13(2)4-3-8-11-6(9(14)15)5-7(10)12-8/h5H,3-4H2,1-2H3,(H,14,15). The van der Waals surface area contributed by atoms with Crippen LogP contribution in [0.15, 0.2) is 6.07 Å². The smallest absolute Gasteiger partial charge is 0.354 e. The highest BCUT2D eigenvalue weighted by molar-refractivity contribution is 6.29. The van der Waals surface area contributed by atoms with Gasteiger partial charge < -0.3 is 10.0 Å². The number of nitrogens with zero attached hydrogens (tertiary/aromatic N) is 3. The van der Waals surface area contributed by atoms with Crippen LogP contribution in [-0.2, 0) is 6.42 Å². The van der Waals surface area contributed by atoms with Crippen molar-refractivity contribution in [1.82, 2.24) is 14.9 Å². The molecule has 6 heteroatoms. The van der Waals surface area contributed by atoms with Gasteiger partial charge in [-0.05, 0) is 14.1 Å². The van der Waals surface area contributed by atoms with E-state index in [0.29, 0.717) is 12.2 Å². The van der Waals surface area contributed by atoms with E-state index in [2.05, 4.69) is 9.97 Å². The van der Waals surface area contributed by atoms with Crippen molar-refractivity contribution in [3.05, 3.63) is 22.7 Å². The molecule has 1 aromatic heterocycles. The lowest BCUT2D eigenvalue weighted by Crippen LogP contribution is -2.17. The number of aromatic nitrogens is 2. The molecule has 0 atom stereocenters.